The lowest BCUT2D eigenvalue weighted by atomic mass is 9.75. The van der Waals surface area contributed by atoms with Crippen LogP contribution in [-0.4, -0.2) is 26.0 Å². The molecule has 2 aliphatic rings. The number of benzene rings is 2. The number of fused-ring (bicyclic) bond motifs is 3. The molecule has 2 heterocycles. The van der Waals surface area contributed by atoms with Crippen molar-refractivity contribution in [1.82, 2.24) is 0 Å². The Morgan fingerprint density at radius 3 is 2.50 bits per heavy atom. The van der Waals surface area contributed by atoms with Crippen LogP contribution in [0.4, 0.5) is 10.7 Å². The Morgan fingerprint density at radius 2 is 1.73 bits per heavy atom. The van der Waals surface area contributed by atoms with Crippen LogP contribution in [0.15, 0.2) is 54.1 Å². The van der Waals surface area contributed by atoms with Crippen LogP contribution in [0, 0.1) is 0 Å². The van der Waals surface area contributed by atoms with Gasteiger partial charge in [-0.15, -0.1) is 11.3 Å². The molecule has 0 bridgehead atoms. The normalized spacial score (nSPS) is 17.8. The van der Waals surface area contributed by atoms with E-state index in [-0.39, 0.29) is 22.6 Å². The molecule has 146 valence electrons. The Morgan fingerprint density at radius 1 is 1.00 bits per heavy atom. The van der Waals surface area contributed by atoms with Crippen molar-refractivity contribution in [2.75, 3.05) is 11.4 Å². The fourth-order valence-corrected chi connectivity index (χ4v) is 5.88. The van der Waals surface area contributed by atoms with Crippen LogP contribution in [0.5, 0.6) is 0 Å². The molecule has 0 N–H and O–H groups in total. The van der Waals surface area contributed by atoms with E-state index in [0.29, 0.717) is 16.6 Å². The Hall–Kier alpha value is -2.92. The summed E-state index contributed by atoms with van der Waals surface area (Å²) < 4.78 is 0. The Bertz CT molecular complexity index is 1270. The van der Waals surface area contributed by atoms with Gasteiger partial charge in [0.2, 0.25) is 0 Å². The number of anilines is 2. The molecule has 2 aromatic carbocycles. The van der Waals surface area contributed by atoms with Crippen molar-refractivity contribution in [3.8, 4) is 0 Å². The van der Waals surface area contributed by atoms with Crippen molar-refractivity contribution < 1.29 is 9.59 Å². The van der Waals surface area contributed by atoms with E-state index < -0.39 is 0 Å². The number of hydrogen-bond acceptors (Lipinski definition) is 4. The topological polar surface area (TPSA) is 37.4 Å². The van der Waals surface area contributed by atoms with Crippen LogP contribution in [0.3, 0.4) is 0 Å². The van der Waals surface area contributed by atoms with Crippen LogP contribution in [-0.2, 0) is 5.41 Å². The summed E-state index contributed by atoms with van der Waals surface area (Å²) in [5.41, 5.74) is 5.10. The molecule has 3 nitrogen and oxygen atoms in total. The summed E-state index contributed by atoms with van der Waals surface area (Å²) in [7, 11) is 5.82. The molecule has 5 rings (SSSR count). The molecule has 5 heteroatoms. The molecule has 1 aliphatic heterocycles. The van der Waals surface area contributed by atoms with Gasteiger partial charge in [0.1, 0.15) is 12.8 Å². The summed E-state index contributed by atoms with van der Waals surface area (Å²) in [6.45, 7) is 7.44. The summed E-state index contributed by atoms with van der Waals surface area (Å²) in [4.78, 5) is 29.0. The fourth-order valence-electron chi connectivity index (χ4n) is 4.54. The van der Waals surface area contributed by atoms with Gasteiger partial charge in [0.25, 0.3) is 0 Å². The van der Waals surface area contributed by atoms with E-state index in [0.717, 1.165) is 11.4 Å². The standard InChI is InChI=1S/C25H20BNO2S/c1-4-27-21-8-6-5-7-19(21)25(2,3)20-13-15(30-24(20)27)12-18-22(28)16-10-9-14(26)11-17(16)23(18)29/h5-13H,4H2,1-3H3/b18-12+. The van der Waals surface area contributed by atoms with Crippen LogP contribution in [0.2, 0.25) is 0 Å². The van der Waals surface area contributed by atoms with Crippen molar-refractivity contribution >= 4 is 53.0 Å². The van der Waals surface area contributed by atoms with Crippen molar-refractivity contribution in [1.29, 1.82) is 0 Å². The van der Waals surface area contributed by atoms with E-state index in [1.165, 1.54) is 21.8 Å². The Balaban J connectivity index is 1.63. The van der Waals surface area contributed by atoms with Crippen LogP contribution in [0.25, 0.3) is 6.08 Å². The highest BCUT2D eigenvalue weighted by Gasteiger charge is 2.38. The molecule has 0 unspecified atom stereocenters. The summed E-state index contributed by atoms with van der Waals surface area (Å²) >= 11 is 1.63. The maximum atomic E-state index is 12.9. The Kier molecular flexibility index (Phi) is 4.16. The molecule has 0 fully saturated rings. The number of ketones is 2. The van der Waals surface area contributed by atoms with Gasteiger partial charge in [-0.05, 0) is 36.3 Å². The lowest BCUT2D eigenvalue weighted by Gasteiger charge is -2.39. The molecule has 30 heavy (non-hydrogen) atoms. The molecule has 2 radical (unpaired) electrons. The van der Waals surface area contributed by atoms with Gasteiger partial charge in [0.05, 0.1) is 5.57 Å². The minimum absolute atomic E-state index is 0.161. The minimum Gasteiger partial charge on any atom is -0.333 e. The van der Waals surface area contributed by atoms with Gasteiger partial charge < -0.3 is 4.90 Å². The van der Waals surface area contributed by atoms with Gasteiger partial charge in [-0.1, -0.05) is 55.7 Å². The highest BCUT2D eigenvalue weighted by molar-refractivity contribution is 7.17. The number of carbonyl (C=O) groups is 2. The first-order chi connectivity index (χ1) is 14.3. The fraction of sp³-hybridized carbons (Fsp3) is 0.200. The molecular formula is C25H20BNO2S. The average Bonchev–Trinajstić information content (AvgIpc) is 3.25. The smallest absolute Gasteiger partial charge is 0.197 e. The summed E-state index contributed by atoms with van der Waals surface area (Å²) in [5.74, 6) is -0.472. The maximum absolute atomic E-state index is 12.9. The largest absolute Gasteiger partial charge is 0.333 e. The Labute approximate surface area is 181 Å². The highest BCUT2D eigenvalue weighted by Crippen LogP contribution is 2.52. The van der Waals surface area contributed by atoms with Crippen LogP contribution < -0.4 is 10.4 Å². The lowest BCUT2D eigenvalue weighted by molar-refractivity contribution is 0.0990. The summed E-state index contributed by atoms with van der Waals surface area (Å²) in [5, 5.41) is 1.17. The number of hydrogen-bond donors (Lipinski definition) is 0. The number of rotatable bonds is 2. The third-order valence-corrected chi connectivity index (χ3v) is 7.25. The second-order valence-corrected chi connectivity index (χ2v) is 9.34. The third kappa shape index (κ3) is 2.58. The van der Waals surface area contributed by atoms with Crippen molar-refractivity contribution in [3.05, 3.63) is 81.2 Å². The molecule has 1 aliphatic carbocycles. The second kappa shape index (κ2) is 6.54. The molecule has 0 atom stereocenters. The SMILES string of the molecule is [B]c1ccc2c(c1)C(=O)/C(=C/c1cc3c(s1)N(CC)c1ccccc1C3(C)C)C2=O. The zero-order chi connectivity index (χ0) is 21.2. The molecule has 3 aromatic rings. The van der Waals surface area contributed by atoms with E-state index in [9.17, 15) is 9.59 Å². The van der Waals surface area contributed by atoms with Gasteiger partial charge in [-0.25, -0.2) is 0 Å². The van der Waals surface area contributed by atoms with E-state index in [1.54, 1.807) is 35.6 Å². The summed E-state index contributed by atoms with van der Waals surface area (Å²) in [6, 6.07) is 15.5. The van der Waals surface area contributed by atoms with Crippen molar-refractivity contribution in [2.24, 2.45) is 0 Å². The van der Waals surface area contributed by atoms with Gasteiger partial charge in [0, 0.05) is 33.7 Å². The molecule has 0 saturated heterocycles. The third-order valence-electron chi connectivity index (χ3n) is 6.14. The zero-order valence-electron chi connectivity index (χ0n) is 17.2. The number of para-hydroxylation sites is 1. The maximum Gasteiger partial charge on any atom is 0.197 e. The molecule has 0 saturated carbocycles. The van der Waals surface area contributed by atoms with Gasteiger partial charge in [0.15, 0.2) is 11.6 Å². The van der Waals surface area contributed by atoms with Gasteiger partial charge in [-0.3, -0.25) is 9.59 Å². The monoisotopic (exact) mass is 409 g/mol. The highest BCUT2D eigenvalue weighted by atomic mass is 32.1. The van der Waals surface area contributed by atoms with E-state index in [2.05, 4.69) is 56.0 Å². The number of allylic oxidation sites excluding steroid dienone is 1. The number of Topliss-reactive ketones (excluding diaryl/α,β-unsaturated/α-hetero) is 2. The van der Waals surface area contributed by atoms with Crippen molar-refractivity contribution in [3.63, 3.8) is 0 Å². The number of nitrogens with zero attached hydrogens (tertiary/aromatic N) is 1. The van der Waals surface area contributed by atoms with Gasteiger partial charge in [-0.2, -0.15) is 0 Å². The quantitative estimate of drug-likeness (QED) is 0.347. The predicted octanol–water partition coefficient (Wildman–Crippen LogP) is 4.80. The number of thiophene rings is 1. The lowest BCUT2D eigenvalue weighted by Crippen LogP contribution is -2.31. The zero-order valence-corrected chi connectivity index (χ0v) is 18.0. The summed E-state index contributed by atoms with van der Waals surface area (Å²) in [6.07, 6.45) is 1.75. The number of carbonyl (C=O) groups excluding carboxylic acids is 2. The van der Waals surface area contributed by atoms with E-state index in [4.69, 9.17) is 7.85 Å². The minimum atomic E-state index is -0.247. The first-order valence-corrected chi connectivity index (χ1v) is 10.9. The van der Waals surface area contributed by atoms with E-state index in [1.807, 2.05) is 0 Å². The van der Waals surface area contributed by atoms with Crippen LogP contribution >= 0.6 is 11.3 Å². The molecular weight excluding hydrogens is 389 g/mol. The molecule has 0 spiro atoms. The predicted molar refractivity (Wildman–Crippen MR) is 124 cm³/mol. The first kappa shape index (κ1) is 19.1. The first-order valence-electron chi connectivity index (χ1n) is 10.0. The van der Waals surface area contributed by atoms with Gasteiger partial charge >= 0.3 is 0 Å². The second-order valence-electron chi connectivity index (χ2n) is 8.28. The molecule has 0 amide bonds. The molecule has 1 aromatic heterocycles. The van der Waals surface area contributed by atoms with Crippen molar-refractivity contribution in [2.45, 2.75) is 26.2 Å². The van der Waals surface area contributed by atoms with E-state index >= 15 is 0 Å². The average molecular weight is 409 g/mol. The van der Waals surface area contributed by atoms with Crippen LogP contribution in [0.1, 0.15) is 57.5 Å².